The number of rotatable bonds is 3. The molecule has 0 unspecified atom stereocenters. The molecule has 0 saturated carbocycles. The second kappa shape index (κ2) is 6.91. The van der Waals surface area contributed by atoms with Gasteiger partial charge >= 0.3 is 0 Å². The largest absolute Gasteiger partial charge is 0.484 e. The quantitative estimate of drug-likeness (QED) is 0.790. The summed E-state index contributed by atoms with van der Waals surface area (Å²) in [6.07, 6.45) is 1.20. The number of hydrogen-bond donors (Lipinski definition) is 0. The van der Waals surface area contributed by atoms with Crippen LogP contribution in [0, 0.1) is 11.8 Å². The van der Waals surface area contributed by atoms with Crippen LogP contribution in [0.2, 0.25) is 0 Å². The van der Waals surface area contributed by atoms with Gasteiger partial charge in [0.1, 0.15) is 5.75 Å². The van der Waals surface area contributed by atoms with Gasteiger partial charge in [0.25, 0.3) is 5.91 Å². The SMILES string of the molecule is C[C@@H]1C[C@H](C)CN(C(=O)COc2ccc3cc(Br)ccc3c2)C1. The lowest BCUT2D eigenvalue weighted by molar-refractivity contribution is -0.136. The molecule has 1 heterocycles. The van der Waals surface area contributed by atoms with Gasteiger partial charge in [-0.05, 0) is 53.3 Å². The molecule has 2 aromatic carbocycles. The van der Waals surface area contributed by atoms with Crippen LogP contribution < -0.4 is 4.74 Å². The molecule has 0 bridgehead atoms. The Labute approximate surface area is 145 Å². The van der Waals surface area contributed by atoms with E-state index in [1.807, 2.05) is 35.2 Å². The number of ether oxygens (including phenoxy) is 1. The van der Waals surface area contributed by atoms with Crippen LogP contribution in [0.5, 0.6) is 5.75 Å². The first kappa shape index (κ1) is 16.3. The summed E-state index contributed by atoms with van der Waals surface area (Å²) >= 11 is 3.47. The second-order valence-electron chi connectivity index (χ2n) is 6.69. The van der Waals surface area contributed by atoms with Crippen molar-refractivity contribution in [2.45, 2.75) is 20.3 Å². The van der Waals surface area contributed by atoms with Gasteiger partial charge in [-0.3, -0.25) is 4.79 Å². The number of fused-ring (bicyclic) bond motifs is 1. The van der Waals surface area contributed by atoms with Crippen molar-refractivity contribution in [1.29, 1.82) is 0 Å². The number of carbonyl (C=O) groups is 1. The predicted molar refractivity (Wildman–Crippen MR) is 96.7 cm³/mol. The summed E-state index contributed by atoms with van der Waals surface area (Å²) in [6, 6.07) is 12.0. The molecule has 23 heavy (non-hydrogen) atoms. The third-order valence-electron chi connectivity index (χ3n) is 4.36. The molecule has 0 radical (unpaired) electrons. The normalized spacial score (nSPS) is 21.4. The molecule has 3 rings (SSSR count). The van der Waals surface area contributed by atoms with Crippen LogP contribution in [0.25, 0.3) is 10.8 Å². The lowest BCUT2D eigenvalue weighted by atomic mass is 9.92. The highest BCUT2D eigenvalue weighted by molar-refractivity contribution is 9.10. The molecule has 1 aliphatic heterocycles. The van der Waals surface area contributed by atoms with Gasteiger partial charge in [-0.25, -0.2) is 0 Å². The number of benzene rings is 2. The summed E-state index contributed by atoms with van der Waals surface area (Å²) in [4.78, 5) is 14.3. The van der Waals surface area contributed by atoms with Gasteiger partial charge in [0.2, 0.25) is 0 Å². The van der Waals surface area contributed by atoms with Gasteiger partial charge in [0.05, 0.1) is 0 Å². The first-order valence-corrected chi connectivity index (χ1v) is 8.90. The highest BCUT2D eigenvalue weighted by Crippen LogP contribution is 2.25. The number of carbonyl (C=O) groups excluding carboxylic acids is 1. The minimum atomic E-state index is 0.0827. The van der Waals surface area contributed by atoms with Crippen molar-refractivity contribution in [3.63, 3.8) is 0 Å². The zero-order valence-corrected chi connectivity index (χ0v) is 15.2. The Morgan fingerprint density at radius 3 is 2.52 bits per heavy atom. The van der Waals surface area contributed by atoms with E-state index >= 15 is 0 Å². The molecular weight excluding hydrogens is 354 g/mol. The van der Waals surface area contributed by atoms with Crippen molar-refractivity contribution in [1.82, 2.24) is 4.90 Å². The molecule has 1 aliphatic rings. The monoisotopic (exact) mass is 375 g/mol. The Kier molecular flexibility index (Phi) is 4.90. The highest BCUT2D eigenvalue weighted by atomic mass is 79.9. The van der Waals surface area contributed by atoms with E-state index in [1.54, 1.807) is 0 Å². The van der Waals surface area contributed by atoms with E-state index in [0.29, 0.717) is 11.8 Å². The summed E-state index contributed by atoms with van der Waals surface area (Å²) in [7, 11) is 0. The molecule has 2 aromatic rings. The van der Waals surface area contributed by atoms with E-state index in [4.69, 9.17) is 4.74 Å². The number of hydrogen-bond acceptors (Lipinski definition) is 2. The summed E-state index contributed by atoms with van der Waals surface area (Å²) < 4.78 is 6.78. The number of nitrogens with zero attached hydrogens (tertiary/aromatic N) is 1. The maximum atomic E-state index is 12.4. The van der Waals surface area contributed by atoms with Crippen LogP contribution in [0.4, 0.5) is 0 Å². The fraction of sp³-hybridized carbons (Fsp3) is 0.421. The summed E-state index contributed by atoms with van der Waals surface area (Å²) in [5, 5.41) is 2.26. The molecule has 3 nitrogen and oxygen atoms in total. The molecule has 122 valence electrons. The molecule has 0 aromatic heterocycles. The Morgan fingerprint density at radius 1 is 1.13 bits per heavy atom. The third-order valence-corrected chi connectivity index (χ3v) is 4.85. The van der Waals surface area contributed by atoms with E-state index in [-0.39, 0.29) is 12.5 Å². The Bertz CT molecular complexity index is 706. The molecule has 1 amide bonds. The first-order valence-electron chi connectivity index (χ1n) is 8.11. The maximum absolute atomic E-state index is 12.4. The Hall–Kier alpha value is -1.55. The first-order chi connectivity index (χ1) is 11.0. The van der Waals surface area contributed by atoms with Gasteiger partial charge in [-0.1, -0.05) is 41.9 Å². The lowest BCUT2D eigenvalue weighted by Crippen LogP contribution is -2.44. The summed E-state index contributed by atoms with van der Waals surface area (Å²) in [5.74, 6) is 1.97. The van der Waals surface area contributed by atoms with E-state index in [0.717, 1.165) is 34.1 Å². The fourth-order valence-corrected chi connectivity index (χ4v) is 3.77. The molecular formula is C19H22BrNO2. The van der Waals surface area contributed by atoms with Crippen molar-refractivity contribution >= 4 is 32.6 Å². The van der Waals surface area contributed by atoms with Crippen molar-refractivity contribution in [3.05, 3.63) is 40.9 Å². The lowest BCUT2D eigenvalue weighted by Gasteiger charge is -2.34. The van der Waals surface area contributed by atoms with E-state index in [2.05, 4.69) is 35.8 Å². The second-order valence-corrected chi connectivity index (χ2v) is 7.60. The molecule has 1 saturated heterocycles. The van der Waals surface area contributed by atoms with Crippen molar-refractivity contribution in [2.75, 3.05) is 19.7 Å². The van der Waals surface area contributed by atoms with E-state index in [9.17, 15) is 4.79 Å². The smallest absolute Gasteiger partial charge is 0.260 e. The Balaban J connectivity index is 1.63. The average Bonchev–Trinajstić information content (AvgIpc) is 2.51. The molecule has 1 fully saturated rings. The maximum Gasteiger partial charge on any atom is 0.260 e. The van der Waals surface area contributed by atoms with Crippen LogP contribution in [0.15, 0.2) is 40.9 Å². The molecule has 0 spiro atoms. The van der Waals surface area contributed by atoms with Crippen molar-refractivity contribution in [3.8, 4) is 5.75 Å². The number of amides is 1. The van der Waals surface area contributed by atoms with Gasteiger partial charge in [-0.2, -0.15) is 0 Å². The minimum Gasteiger partial charge on any atom is -0.484 e. The summed E-state index contributed by atoms with van der Waals surface area (Å²) in [5.41, 5.74) is 0. The topological polar surface area (TPSA) is 29.5 Å². The van der Waals surface area contributed by atoms with Crippen molar-refractivity contribution in [2.24, 2.45) is 11.8 Å². The zero-order chi connectivity index (χ0) is 16.4. The fourth-order valence-electron chi connectivity index (χ4n) is 3.39. The van der Waals surface area contributed by atoms with Crippen LogP contribution in [-0.2, 0) is 4.79 Å². The number of piperidine rings is 1. The highest BCUT2D eigenvalue weighted by Gasteiger charge is 2.25. The molecule has 0 N–H and O–H groups in total. The predicted octanol–water partition coefficient (Wildman–Crippen LogP) is 4.49. The number of likely N-dealkylation sites (tertiary alicyclic amines) is 1. The van der Waals surface area contributed by atoms with Crippen molar-refractivity contribution < 1.29 is 9.53 Å². The molecule has 0 aliphatic carbocycles. The van der Waals surface area contributed by atoms with Crippen LogP contribution in [-0.4, -0.2) is 30.5 Å². The van der Waals surface area contributed by atoms with Gasteiger partial charge in [-0.15, -0.1) is 0 Å². The zero-order valence-electron chi connectivity index (χ0n) is 13.6. The van der Waals surface area contributed by atoms with E-state index < -0.39 is 0 Å². The standard InChI is InChI=1S/C19H22BrNO2/c1-13-7-14(2)11-21(10-13)19(22)12-23-18-6-4-15-8-17(20)5-3-16(15)9-18/h3-6,8-9,13-14H,7,10-12H2,1-2H3/t13-,14+. The summed E-state index contributed by atoms with van der Waals surface area (Å²) in [6.45, 7) is 6.22. The van der Waals surface area contributed by atoms with Gasteiger partial charge < -0.3 is 9.64 Å². The van der Waals surface area contributed by atoms with Crippen LogP contribution in [0.3, 0.4) is 0 Å². The van der Waals surface area contributed by atoms with E-state index in [1.165, 1.54) is 6.42 Å². The molecule has 2 atom stereocenters. The minimum absolute atomic E-state index is 0.0827. The number of halogens is 1. The third kappa shape index (κ3) is 4.05. The van der Waals surface area contributed by atoms with Gasteiger partial charge in [0.15, 0.2) is 6.61 Å². The van der Waals surface area contributed by atoms with Crippen LogP contribution in [0.1, 0.15) is 20.3 Å². The molecule has 4 heteroatoms. The Morgan fingerprint density at radius 2 is 1.78 bits per heavy atom. The van der Waals surface area contributed by atoms with Gasteiger partial charge in [0, 0.05) is 17.6 Å². The van der Waals surface area contributed by atoms with Crippen LogP contribution >= 0.6 is 15.9 Å². The average molecular weight is 376 g/mol.